The Labute approximate surface area is 180 Å². The highest BCUT2D eigenvalue weighted by Crippen LogP contribution is 2.43. The largest absolute Gasteiger partial charge is 0.507 e. The van der Waals surface area contributed by atoms with Gasteiger partial charge in [-0.2, -0.15) is 0 Å². The van der Waals surface area contributed by atoms with Crippen molar-refractivity contribution in [3.05, 3.63) is 93.1 Å². The van der Waals surface area contributed by atoms with Crippen LogP contribution < -0.4 is 4.90 Å². The van der Waals surface area contributed by atoms with Gasteiger partial charge in [0, 0.05) is 11.3 Å². The number of aliphatic hydroxyl groups excluding tert-OH is 1. The summed E-state index contributed by atoms with van der Waals surface area (Å²) >= 11 is 12.0. The van der Waals surface area contributed by atoms with E-state index in [1.165, 1.54) is 47.4 Å². The molecule has 1 fully saturated rings. The molecule has 1 N–H and O–H groups in total. The van der Waals surface area contributed by atoms with E-state index in [-0.39, 0.29) is 32.6 Å². The van der Waals surface area contributed by atoms with Crippen LogP contribution in [0.3, 0.4) is 0 Å². The Morgan fingerprint density at radius 3 is 2.33 bits per heavy atom. The fourth-order valence-corrected chi connectivity index (χ4v) is 3.67. The minimum absolute atomic E-state index is 0.169. The molecule has 1 saturated heterocycles. The van der Waals surface area contributed by atoms with Crippen LogP contribution in [0, 0.1) is 12.7 Å². The summed E-state index contributed by atoms with van der Waals surface area (Å²) in [7, 11) is 0. The number of furan rings is 1. The van der Waals surface area contributed by atoms with Crippen molar-refractivity contribution in [2.75, 3.05) is 4.90 Å². The van der Waals surface area contributed by atoms with Gasteiger partial charge in [0.2, 0.25) is 0 Å². The molecule has 152 valence electrons. The van der Waals surface area contributed by atoms with Crippen molar-refractivity contribution in [2.45, 2.75) is 13.0 Å². The zero-order valence-electron chi connectivity index (χ0n) is 15.5. The summed E-state index contributed by atoms with van der Waals surface area (Å²) < 4.78 is 19.1. The van der Waals surface area contributed by atoms with E-state index < -0.39 is 29.3 Å². The first-order valence-electron chi connectivity index (χ1n) is 8.86. The Morgan fingerprint density at radius 1 is 1.03 bits per heavy atom. The molecule has 1 aromatic heterocycles. The highest BCUT2D eigenvalue weighted by Gasteiger charge is 2.48. The second-order valence-corrected chi connectivity index (χ2v) is 7.54. The van der Waals surface area contributed by atoms with Crippen LogP contribution in [0.15, 0.2) is 64.6 Å². The lowest BCUT2D eigenvalue weighted by atomic mass is 9.99. The summed E-state index contributed by atoms with van der Waals surface area (Å²) in [5, 5.41) is 11.4. The van der Waals surface area contributed by atoms with E-state index in [0.29, 0.717) is 5.76 Å². The Kier molecular flexibility index (Phi) is 5.13. The van der Waals surface area contributed by atoms with E-state index in [1.807, 2.05) is 0 Å². The van der Waals surface area contributed by atoms with Crippen molar-refractivity contribution < 1.29 is 23.5 Å². The molecular formula is C22H14Cl2FNO4. The van der Waals surface area contributed by atoms with Crippen LogP contribution in [-0.4, -0.2) is 16.8 Å². The fourth-order valence-electron chi connectivity index (χ4n) is 3.37. The van der Waals surface area contributed by atoms with E-state index in [9.17, 15) is 19.1 Å². The summed E-state index contributed by atoms with van der Waals surface area (Å²) in [6, 6.07) is 11.7. The van der Waals surface area contributed by atoms with Gasteiger partial charge in [-0.3, -0.25) is 14.5 Å². The van der Waals surface area contributed by atoms with Crippen molar-refractivity contribution in [1.82, 2.24) is 0 Å². The number of benzene rings is 2. The van der Waals surface area contributed by atoms with E-state index in [2.05, 4.69) is 0 Å². The minimum Gasteiger partial charge on any atom is -0.507 e. The van der Waals surface area contributed by atoms with Crippen molar-refractivity contribution in [3.63, 3.8) is 0 Å². The van der Waals surface area contributed by atoms with Crippen LogP contribution in [0.4, 0.5) is 10.1 Å². The Balaban J connectivity index is 1.94. The summed E-state index contributed by atoms with van der Waals surface area (Å²) in [6.07, 6.45) is 0. The van der Waals surface area contributed by atoms with Gasteiger partial charge in [0.1, 0.15) is 29.1 Å². The first-order valence-corrected chi connectivity index (χ1v) is 9.62. The third-order valence-electron chi connectivity index (χ3n) is 4.77. The number of ketones is 1. The number of aryl methyl sites for hydroxylation is 1. The smallest absolute Gasteiger partial charge is 0.300 e. The molecule has 0 aliphatic carbocycles. The Morgan fingerprint density at radius 2 is 1.73 bits per heavy atom. The molecule has 2 heterocycles. The zero-order valence-corrected chi connectivity index (χ0v) is 17.0. The van der Waals surface area contributed by atoms with Crippen LogP contribution in [0.25, 0.3) is 5.76 Å². The maximum atomic E-state index is 13.4. The third-order valence-corrected chi connectivity index (χ3v) is 5.51. The van der Waals surface area contributed by atoms with Gasteiger partial charge in [0.25, 0.3) is 11.7 Å². The molecule has 0 radical (unpaired) electrons. The molecule has 1 aliphatic rings. The third kappa shape index (κ3) is 3.38. The molecule has 2 aromatic carbocycles. The number of halogens is 3. The highest BCUT2D eigenvalue weighted by molar-refractivity contribution is 6.51. The second kappa shape index (κ2) is 7.63. The van der Waals surface area contributed by atoms with Crippen LogP contribution in [0.2, 0.25) is 10.0 Å². The van der Waals surface area contributed by atoms with Gasteiger partial charge < -0.3 is 9.52 Å². The van der Waals surface area contributed by atoms with E-state index in [1.54, 1.807) is 19.1 Å². The number of carbonyl (C=O) groups excluding carboxylic acids is 2. The van der Waals surface area contributed by atoms with Gasteiger partial charge in [0.05, 0.1) is 15.6 Å². The summed E-state index contributed by atoms with van der Waals surface area (Å²) in [5.41, 5.74) is 0.331. The minimum atomic E-state index is -1.04. The van der Waals surface area contributed by atoms with Gasteiger partial charge >= 0.3 is 0 Å². The second-order valence-electron chi connectivity index (χ2n) is 6.72. The van der Waals surface area contributed by atoms with Crippen LogP contribution in [0.5, 0.6) is 0 Å². The molecular weight excluding hydrogens is 432 g/mol. The molecule has 1 aliphatic heterocycles. The van der Waals surface area contributed by atoms with E-state index >= 15 is 0 Å². The molecule has 1 unspecified atom stereocenters. The quantitative estimate of drug-likeness (QED) is 0.320. The van der Waals surface area contributed by atoms with E-state index in [4.69, 9.17) is 27.6 Å². The van der Waals surface area contributed by atoms with E-state index in [0.717, 1.165) is 0 Å². The number of hydrogen-bond acceptors (Lipinski definition) is 4. The molecule has 30 heavy (non-hydrogen) atoms. The van der Waals surface area contributed by atoms with Crippen molar-refractivity contribution in [1.29, 1.82) is 0 Å². The number of nitrogens with zero attached hydrogens (tertiary/aromatic N) is 1. The predicted molar refractivity (Wildman–Crippen MR) is 111 cm³/mol. The highest BCUT2D eigenvalue weighted by atomic mass is 35.5. The van der Waals surface area contributed by atoms with Crippen LogP contribution >= 0.6 is 23.2 Å². The number of aliphatic hydroxyl groups is 1. The van der Waals surface area contributed by atoms with Crippen molar-refractivity contribution in [2.24, 2.45) is 0 Å². The van der Waals surface area contributed by atoms with Gasteiger partial charge in [-0.15, -0.1) is 0 Å². The molecule has 0 bridgehead atoms. The first kappa shape index (κ1) is 20.2. The number of Topliss-reactive ketones (excluding diaryl/α,β-unsaturated/α-hetero) is 1. The molecule has 5 nitrogen and oxygen atoms in total. The predicted octanol–water partition coefficient (Wildman–Crippen LogP) is 5.66. The zero-order chi connectivity index (χ0) is 21.6. The normalized spacial score (nSPS) is 18.3. The topological polar surface area (TPSA) is 70.8 Å². The standard InChI is InChI=1S/C22H14Cl2FNO4/c1-11-2-9-17(30-11)19-18(20(27)12-3-8-15(23)16(24)10-12)21(28)22(29)26(19)14-6-4-13(25)5-7-14/h2-10,19,27H,1H3/b20-18-. The summed E-state index contributed by atoms with van der Waals surface area (Å²) in [5.74, 6) is -1.85. The first-order chi connectivity index (χ1) is 14.3. The maximum absolute atomic E-state index is 13.4. The lowest BCUT2D eigenvalue weighted by Crippen LogP contribution is -2.29. The monoisotopic (exact) mass is 445 g/mol. The lowest BCUT2D eigenvalue weighted by Gasteiger charge is -2.23. The average molecular weight is 446 g/mol. The molecule has 3 aromatic rings. The maximum Gasteiger partial charge on any atom is 0.300 e. The molecule has 4 rings (SSSR count). The van der Waals surface area contributed by atoms with Gasteiger partial charge in [-0.1, -0.05) is 23.2 Å². The van der Waals surface area contributed by atoms with Crippen LogP contribution in [0.1, 0.15) is 23.1 Å². The summed E-state index contributed by atoms with van der Waals surface area (Å²) in [4.78, 5) is 27.0. The van der Waals surface area contributed by atoms with Gasteiger partial charge in [-0.05, 0) is 61.5 Å². The molecule has 1 amide bonds. The average Bonchev–Trinajstić information content (AvgIpc) is 3.26. The number of carbonyl (C=O) groups is 2. The Hall–Kier alpha value is -3.09. The molecule has 0 spiro atoms. The van der Waals surface area contributed by atoms with Crippen LogP contribution in [-0.2, 0) is 9.59 Å². The number of amides is 1. The lowest BCUT2D eigenvalue weighted by molar-refractivity contribution is -0.132. The van der Waals surface area contributed by atoms with Crippen molar-refractivity contribution >= 4 is 46.3 Å². The van der Waals surface area contributed by atoms with Gasteiger partial charge in [-0.25, -0.2) is 4.39 Å². The number of anilines is 1. The molecule has 1 atom stereocenters. The SMILES string of the molecule is Cc1ccc(C2/C(=C(/O)c3ccc(Cl)c(Cl)c3)C(=O)C(=O)N2c2ccc(F)cc2)o1. The van der Waals surface area contributed by atoms with Gasteiger partial charge in [0.15, 0.2) is 0 Å². The molecule has 8 heteroatoms. The van der Waals surface area contributed by atoms with Crippen molar-refractivity contribution in [3.8, 4) is 0 Å². The summed E-state index contributed by atoms with van der Waals surface area (Å²) in [6.45, 7) is 1.71. The molecule has 0 saturated carbocycles. The Bertz CT molecular complexity index is 1200. The number of hydrogen-bond donors (Lipinski definition) is 1. The fraction of sp³-hybridized carbons (Fsp3) is 0.0909. The number of rotatable bonds is 3.